The van der Waals surface area contributed by atoms with Gasteiger partial charge in [0.1, 0.15) is 11.3 Å². The molecule has 1 aromatic heterocycles. The van der Waals surface area contributed by atoms with Crippen molar-refractivity contribution in [1.82, 2.24) is 4.98 Å². The lowest BCUT2D eigenvalue weighted by Gasteiger charge is -2.10. The normalized spacial score (nSPS) is 10.4. The summed E-state index contributed by atoms with van der Waals surface area (Å²) in [5.41, 5.74) is 1.65. The third-order valence-electron chi connectivity index (χ3n) is 2.63. The van der Waals surface area contributed by atoms with Crippen molar-refractivity contribution in [3.8, 4) is 5.75 Å². The summed E-state index contributed by atoms with van der Waals surface area (Å²) in [6.07, 6.45) is 0. The summed E-state index contributed by atoms with van der Waals surface area (Å²) < 4.78 is 9.99. The Kier molecular flexibility index (Phi) is 3.39. The second-order valence-electron chi connectivity index (χ2n) is 3.78. The third kappa shape index (κ3) is 1.99. The van der Waals surface area contributed by atoms with Gasteiger partial charge in [0, 0.05) is 11.1 Å². The average molecular weight is 266 g/mol. The maximum Gasteiger partial charge on any atom is 0.338 e. The first kappa shape index (κ1) is 12.6. The van der Waals surface area contributed by atoms with Crippen LogP contribution in [0.25, 0.3) is 10.9 Å². The minimum atomic E-state index is -0.444. The van der Waals surface area contributed by atoms with Gasteiger partial charge in [0.15, 0.2) is 0 Å². The average Bonchev–Trinajstić information content (AvgIpc) is 2.37. The van der Waals surface area contributed by atoms with Crippen molar-refractivity contribution >= 4 is 28.5 Å². The Morgan fingerprint density at radius 1 is 1.33 bits per heavy atom. The topological polar surface area (TPSA) is 48.4 Å². The minimum Gasteiger partial charge on any atom is -0.494 e. The number of methoxy groups -OCH3 is 2. The zero-order valence-corrected chi connectivity index (χ0v) is 11.0. The Morgan fingerprint density at radius 2 is 2.06 bits per heavy atom. The second kappa shape index (κ2) is 4.82. The summed E-state index contributed by atoms with van der Waals surface area (Å²) in [7, 11) is 2.88. The molecule has 94 valence electrons. The number of rotatable bonds is 2. The largest absolute Gasteiger partial charge is 0.494 e. The Balaban J connectivity index is 2.90. The lowest BCUT2D eigenvalue weighted by atomic mass is 10.1. The zero-order valence-electron chi connectivity index (χ0n) is 10.3. The van der Waals surface area contributed by atoms with Crippen molar-refractivity contribution in [2.45, 2.75) is 6.92 Å². The van der Waals surface area contributed by atoms with Gasteiger partial charge in [-0.05, 0) is 25.1 Å². The van der Waals surface area contributed by atoms with E-state index in [1.54, 1.807) is 32.2 Å². The molecule has 0 spiro atoms. The molecule has 2 rings (SSSR count). The molecule has 0 unspecified atom stereocenters. The first-order valence-electron chi connectivity index (χ1n) is 5.30. The van der Waals surface area contributed by atoms with Crippen LogP contribution >= 0.6 is 11.6 Å². The fourth-order valence-corrected chi connectivity index (χ4v) is 2.09. The number of aromatic nitrogens is 1. The molecule has 0 fully saturated rings. The number of hydrogen-bond acceptors (Lipinski definition) is 4. The fraction of sp³-hybridized carbons (Fsp3) is 0.231. The molecule has 18 heavy (non-hydrogen) atoms. The lowest BCUT2D eigenvalue weighted by molar-refractivity contribution is 0.0603. The summed E-state index contributed by atoms with van der Waals surface area (Å²) >= 11 is 6.14. The molecule has 5 heteroatoms. The number of hydrogen-bond donors (Lipinski definition) is 0. The molecule has 0 N–H and O–H groups in total. The highest BCUT2D eigenvalue weighted by molar-refractivity contribution is 6.36. The summed E-state index contributed by atoms with van der Waals surface area (Å²) in [5.74, 6) is 0.129. The first-order valence-corrected chi connectivity index (χ1v) is 5.68. The van der Waals surface area contributed by atoms with Crippen molar-refractivity contribution in [3.63, 3.8) is 0 Å². The molecule has 0 radical (unpaired) electrons. The zero-order chi connectivity index (χ0) is 13.3. The van der Waals surface area contributed by atoms with Gasteiger partial charge in [0.2, 0.25) is 0 Å². The van der Waals surface area contributed by atoms with Crippen molar-refractivity contribution in [3.05, 3.63) is 34.5 Å². The van der Waals surface area contributed by atoms with E-state index in [1.807, 2.05) is 0 Å². The number of aryl methyl sites for hydroxylation is 1. The van der Waals surface area contributed by atoms with Gasteiger partial charge in [0.25, 0.3) is 0 Å². The minimum absolute atomic E-state index is 0.393. The predicted molar refractivity (Wildman–Crippen MR) is 69.4 cm³/mol. The van der Waals surface area contributed by atoms with Crippen LogP contribution in [0.1, 0.15) is 16.1 Å². The second-order valence-corrected chi connectivity index (χ2v) is 4.18. The van der Waals surface area contributed by atoms with Gasteiger partial charge in [-0.25, -0.2) is 9.78 Å². The highest BCUT2D eigenvalue weighted by Gasteiger charge is 2.17. The van der Waals surface area contributed by atoms with Crippen molar-refractivity contribution in [2.24, 2.45) is 0 Å². The van der Waals surface area contributed by atoms with Gasteiger partial charge in [-0.2, -0.15) is 0 Å². The van der Waals surface area contributed by atoms with Crippen molar-refractivity contribution in [1.29, 1.82) is 0 Å². The van der Waals surface area contributed by atoms with Crippen LogP contribution < -0.4 is 4.74 Å². The molecule has 1 heterocycles. The lowest BCUT2D eigenvalue weighted by Crippen LogP contribution is -2.05. The number of fused-ring (bicyclic) bond motifs is 1. The van der Waals surface area contributed by atoms with Crippen LogP contribution in [0.5, 0.6) is 5.75 Å². The fourth-order valence-electron chi connectivity index (χ4n) is 1.84. The van der Waals surface area contributed by atoms with Gasteiger partial charge in [-0.1, -0.05) is 11.6 Å². The number of esters is 1. The molecule has 0 saturated heterocycles. The van der Waals surface area contributed by atoms with Crippen molar-refractivity contribution < 1.29 is 14.3 Å². The van der Waals surface area contributed by atoms with Gasteiger partial charge < -0.3 is 9.47 Å². The van der Waals surface area contributed by atoms with Crippen LogP contribution in [0.2, 0.25) is 5.02 Å². The van der Waals surface area contributed by atoms with E-state index in [0.717, 1.165) is 0 Å². The molecule has 2 aromatic rings. The summed E-state index contributed by atoms with van der Waals surface area (Å²) in [6, 6.07) is 5.05. The van der Waals surface area contributed by atoms with E-state index < -0.39 is 5.97 Å². The number of benzene rings is 1. The highest BCUT2D eigenvalue weighted by atomic mass is 35.5. The number of halogens is 1. The Hall–Kier alpha value is -1.81. The Morgan fingerprint density at radius 3 is 2.67 bits per heavy atom. The summed E-state index contributed by atoms with van der Waals surface area (Å²) in [5, 5.41) is 0.993. The number of carbonyl (C=O) groups excluding carboxylic acids is 1. The van der Waals surface area contributed by atoms with Gasteiger partial charge in [-0.3, -0.25) is 0 Å². The van der Waals surface area contributed by atoms with Crippen LogP contribution in [0, 0.1) is 6.92 Å². The predicted octanol–water partition coefficient (Wildman–Crippen LogP) is 2.99. The Bertz CT molecular complexity index is 625. The molecule has 0 bridgehead atoms. The standard InChI is InChI=1S/C13H12ClNO3/c1-7-6-8(13(16)18-3)11-9(14)4-5-10(17-2)12(11)15-7/h4-6H,1-3H3. The molecular weight excluding hydrogens is 254 g/mol. The highest BCUT2D eigenvalue weighted by Crippen LogP contribution is 2.33. The molecule has 0 aliphatic heterocycles. The molecule has 0 amide bonds. The monoisotopic (exact) mass is 265 g/mol. The van der Waals surface area contributed by atoms with Crippen LogP contribution in [-0.4, -0.2) is 25.2 Å². The van der Waals surface area contributed by atoms with Crippen LogP contribution in [-0.2, 0) is 4.74 Å². The quantitative estimate of drug-likeness (QED) is 0.783. The maximum atomic E-state index is 11.8. The molecule has 0 atom stereocenters. The van der Waals surface area contributed by atoms with E-state index in [2.05, 4.69) is 4.98 Å². The molecular formula is C13H12ClNO3. The van der Waals surface area contributed by atoms with E-state index in [9.17, 15) is 4.79 Å². The van der Waals surface area contributed by atoms with Crippen LogP contribution in [0.15, 0.2) is 18.2 Å². The van der Waals surface area contributed by atoms with E-state index >= 15 is 0 Å². The van der Waals surface area contributed by atoms with Gasteiger partial charge >= 0.3 is 5.97 Å². The van der Waals surface area contributed by atoms with Gasteiger partial charge in [0.05, 0.1) is 24.8 Å². The SMILES string of the molecule is COC(=O)c1cc(C)nc2c(OC)ccc(Cl)c12. The summed E-state index contributed by atoms with van der Waals surface area (Å²) in [4.78, 5) is 16.1. The van der Waals surface area contributed by atoms with E-state index in [0.29, 0.717) is 32.9 Å². The first-order chi connectivity index (χ1) is 8.58. The number of nitrogens with zero attached hydrogens (tertiary/aromatic N) is 1. The summed E-state index contributed by atoms with van der Waals surface area (Å²) in [6.45, 7) is 1.80. The van der Waals surface area contributed by atoms with Crippen LogP contribution in [0.3, 0.4) is 0 Å². The van der Waals surface area contributed by atoms with E-state index in [-0.39, 0.29) is 0 Å². The van der Waals surface area contributed by atoms with E-state index in [1.165, 1.54) is 7.11 Å². The van der Waals surface area contributed by atoms with Crippen molar-refractivity contribution in [2.75, 3.05) is 14.2 Å². The molecule has 4 nitrogen and oxygen atoms in total. The smallest absolute Gasteiger partial charge is 0.338 e. The molecule has 0 aliphatic carbocycles. The number of carbonyl (C=O) groups is 1. The molecule has 0 aliphatic rings. The molecule has 0 saturated carbocycles. The number of ether oxygens (including phenoxy) is 2. The van der Waals surface area contributed by atoms with Gasteiger partial charge in [-0.15, -0.1) is 0 Å². The third-order valence-corrected chi connectivity index (χ3v) is 2.94. The van der Waals surface area contributed by atoms with Crippen LogP contribution in [0.4, 0.5) is 0 Å². The molecule has 1 aromatic carbocycles. The maximum absolute atomic E-state index is 11.8. The Labute approximate surface area is 109 Å². The number of pyridine rings is 1. The van der Waals surface area contributed by atoms with E-state index in [4.69, 9.17) is 21.1 Å².